The third kappa shape index (κ3) is 4.19. The summed E-state index contributed by atoms with van der Waals surface area (Å²) in [7, 11) is 0. The maximum absolute atomic E-state index is 5.99. The molecule has 34 heavy (non-hydrogen) atoms. The molecule has 5 rings (SSSR count). The Labute approximate surface area is 201 Å². The summed E-state index contributed by atoms with van der Waals surface area (Å²) >= 11 is 0. The molecule has 2 aromatic carbocycles. The molecular formula is C31H32N2O. The number of furan rings is 1. The second kappa shape index (κ2) is 8.32. The lowest BCUT2D eigenvalue weighted by Gasteiger charge is -2.22. The summed E-state index contributed by atoms with van der Waals surface area (Å²) in [5, 5.41) is 9.42. The predicted molar refractivity (Wildman–Crippen MR) is 141 cm³/mol. The summed E-state index contributed by atoms with van der Waals surface area (Å²) in [5.41, 5.74) is 5.35. The smallest absolute Gasteiger partial charge is 0.217 e. The van der Waals surface area contributed by atoms with Crippen LogP contribution in [0.15, 0.2) is 65.2 Å². The normalized spacial score (nSPS) is 15.0. The largest absolute Gasteiger partial charge is 0.661 e. The number of rotatable bonds is 3. The molecule has 0 fully saturated rings. The zero-order chi connectivity index (χ0) is 24.0. The van der Waals surface area contributed by atoms with Gasteiger partial charge < -0.3 is 9.73 Å². The van der Waals surface area contributed by atoms with E-state index in [4.69, 9.17) is 9.73 Å². The zero-order valence-corrected chi connectivity index (χ0v) is 20.7. The van der Waals surface area contributed by atoms with Gasteiger partial charge in [0.2, 0.25) is 5.69 Å². The van der Waals surface area contributed by atoms with Gasteiger partial charge in [-0.2, -0.15) is 4.24 Å². The number of fused-ring (bicyclic) bond motifs is 2. The van der Waals surface area contributed by atoms with Crippen molar-refractivity contribution in [3.63, 3.8) is 0 Å². The maximum Gasteiger partial charge on any atom is 0.217 e. The number of pyridine rings is 1. The van der Waals surface area contributed by atoms with Crippen LogP contribution in [0, 0.1) is 12.6 Å². The molecule has 0 saturated heterocycles. The van der Waals surface area contributed by atoms with Gasteiger partial charge in [0, 0.05) is 29.3 Å². The van der Waals surface area contributed by atoms with Crippen LogP contribution < -0.4 is 20.1 Å². The maximum atomic E-state index is 5.99. The summed E-state index contributed by atoms with van der Waals surface area (Å²) in [5.74, 6) is 1.57. The third-order valence-corrected chi connectivity index (χ3v) is 6.36. The first-order valence-electron chi connectivity index (χ1n) is 12.0. The Morgan fingerprint density at radius 3 is 2.59 bits per heavy atom. The first-order chi connectivity index (χ1) is 16.2. The van der Waals surface area contributed by atoms with E-state index >= 15 is 0 Å². The van der Waals surface area contributed by atoms with E-state index in [1.165, 1.54) is 16.3 Å². The van der Waals surface area contributed by atoms with E-state index in [9.17, 15) is 0 Å². The van der Waals surface area contributed by atoms with E-state index in [-0.39, 0.29) is 5.41 Å². The molecule has 0 unspecified atom stereocenters. The van der Waals surface area contributed by atoms with Gasteiger partial charge in [-0.1, -0.05) is 65.0 Å². The highest BCUT2D eigenvalue weighted by Gasteiger charge is 2.20. The fourth-order valence-corrected chi connectivity index (χ4v) is 4.68. The lowest BCUT2D eigenvalue weighted by atomic mass is 9.82. The molecular weight excluding hydrogens is 416 g/mol. The van der Waals surface area contributed by atoms with Crippen molar-refractivity contribution in [1.29, 1.82) is 0 Å². The van der Waals surface area contributed by atoms with Crippen LogP contribution >= 0.6 is 0 Å². The van der Waals surface area contributed by atoms with Crippen LogP contribution in [-0.4, -0.2) is 0 Å². The van der Waals surface area contributed by atoms with E-state index < -0.39 is 0 Å². The minimum atomic E-state index is 0.0286. The summed E-state index contributed by atoms with van der Waals surface area (Å²) in [6, 6.07) is 19.6. The van der Waals surface area contributed by atoms with Gasteiger partial charge in [-0.3, -0.25) is 0 Å². The Morgan fingerprint density at radius 1 is 1.03 bits per heavy atom. The first kappa shape index (κ1) is 22.2. The molecule has 3 heterocycles. The van der Waals surface area contributed by atoms with Crippen LogP contribution in [0.1, 0.15) is 45.9 Å². The van der Waals surface area contributed by atoms with Crippen LogP contribution in [0.3, 0.4) is 0 Å². The Bertz CT molecular complexity index is 1630. The first-order valence-corrected chi connectivity index (χ1v) is 12.0. The van der Waals surface area contributed by atoms with Crippen molar-refractivity contribution in [2.24, 2.45) is 5.92 Å². The van der Waals surface area contributed by atoms with Gasteiger partial charge in [0.1, 0.15) is 17.9 Å². The predicted octanol–water partition coefficient (Wildman–Crippen LogP) is 5.24. The van der Waals surface area contributed by atoms with Crippen LogP contribution in [-0.2, 0) is 11.8 Å². The standard InChI is InChI=1S/C31H32N2O/c1-20(2)13-25-15-24-17-28(32-19-30(24)34-25)22-11-12-33(6)29(18-22)23-14-21-9-7-8-10-26(21)27(16-23)31(3,4)5/h7-12,14-20H,6,13H2,1-5H3. The van der Waals surface area contributed by atoms with E-state index in [0.717, 1.165) is 45.0 Å². The van der Waals surface area contributed by atoms with E-state index in [1.54, 1.807) is 0 Å². The van der Waals surface area contributed by atoms with E-state index in [1.807, 2.05) is 16.6 Å². The SMILES string of the molecule is C=[n+]1ccc(=C2C=c3cc(CC(C)C)oc3=C[N-]2)cc1-c1cc(C(C)(C)C)c2ccccc2c1. The molecule has 172 valence electrons. The molecule has 4 aromatic rings. The topological polar surface area (TPSA) is 33.1 Å². The van der Waals surface area contributed by atoms with Gasteiger partial charge in [-0.15, -0.1) is 11.9 Å². The molecule has 0 amide bonds. The fraction of sp³-hybridized carbons (Fsp3) is 0.258. The lowest BCUT2D eigenvalue weighted by molar-refractivity contribution is -0.486. The van der Waals surface area contributed by atoms with Gasteiger partial charge >= 0.3 is 0 Å². The average Bonchev–Trinajstić information content (AvgIpc) is 3.18. The molecule has 1 aliphatic rings. The number of nitrogens with zero attached hydrogens (tertiary/aromatic N) is 2. The fourth-order valence-electron chi connectivity index (χ4n) is 4.68. The Hall–Kier alpha value is -3.59. The van der Waals surface area contributed by atoms with Gasteiger partial charge in [-0.25, -0.2) is 0 Å². The summed E-state index contributed by atoms with van der Waals surface area (Å²) in [4.78, 5) is 0. The molecule has 0 bridgehead atoms. The Morgan fingerprint density at radius 2 is 1.82 bits per heavy atom. The minimum Gasteiger partial charge on any atom is -0.661 e. The summed E-state index contributed by atoms with van der Waals surface area (Å²) < 4.78 is 7.93. The number of hydrogen-bond donors (Lipinski definition) is 0. The van der Waals surface area contributed by atoms with Crippen molar-refractivity contribution in [3.05, 3.63) is 100 Å². The van der Waals surface area contributed by atoms with Crippen LogP contribution in [0.5, 0.6) is 0 Å². The highest BCUT2D eigenvalue weighted by Crippen LogP contribution is 2.33. The summed E-state index contributed by atoms with van der Waals surface area (Å²) in [6.07, 6.45) is 6.91. The second-order valence-corrected chi connectivity index (χ2v) is 10.7. The molecule has 3 nitrogen and oxygen atoms in total. The van der Waals surface area contributed by atoms with Gasteiger partial charge in [0.05, 0.1) is 0 Å². The van der Waals surface area contributed by atoms with Crippen molar-refractivity contribution >= 4 is 28.7 Å². The van der Waals surface area contributed by atoms with Crippen molar-refractivity contribution in [3.8, 4) is 11.3 Å². The number of benzene rings is 2. The van der Waals surface area contributed by atoms with Crippen molar-refractivity contribution < 1.29 is 8.66 Å². The highest BCUT2D eigenvalue weighted by molar-refractivity contribution is 5.91. The number of hydrogen-bond acceptors (Lipinski definition) is 1. The molecule has 0 N–H and O–H groups in total. The molecule has 0 atom stereocenters. The van der Waals surface area contributed by atoms with Gasteiger partial charge in [0.15, 0.2) is 6.20 Å². The minimum absolute atomic E-state index is 0.0286. The molecule has 1 aliphatic heterocycles. The molecule has 0 spiro atoms. The monoisotopic (exact) mass is 448 g/mol. The van der Waals surface area contributed by atoms with Crippen LogP contribution in [0.2, 0.25) is 0 Å². The summed E-state index contributed by atoms with van der Waals surface area (Å²) in [6.45, 7) is 15.5. The second-order valence-electron chi connectivity index (χ2n) is 10.7. The van der Waals surface area contributed by atoms with Gasteiger partial charge in [0.25, 0.3) is 0 Å². The van der Waals surface area contributed by atoms with Crippen LogP contribution in [0.4, 0.5) is 0 Å². The zero-order valence-electron chi connectivity index (χ0n) is 20.7. The van der Waals surface area contributed by atoms with Crippen molar-refractivity contribution in [2.45, 2.75) is 46.5 Å². The van der Waals surface area contributed by atoms with Crippen molar-refractivity contribution in [1.82, 2.24) is 0 Å². The molecule has 0 aliphatic carbocycles. The third-order valence-electron chi connectivity index (χ3n) is 6.36. The lowest BCUT2D eigenvalue weighted by Crippen LogP contribution is -2.25. The molecule has 0 saturated carbocycles. The van der Waals surface area contributed by atoms with Gasteiger partial charge in [-0.05, 0) is 51.1 Å². The quantitative estimate of drug-likeness (QED) is 0.395. The van der Waals surface area contributed by atoms with E-state index in [2.05, 4.69) is 102 Å². The van der Waals surface area contributed by atoms with Crippen molar-refractivity contribution in [2.75, 3.05) is 0 Å². The Balaban J connectivity index is 1.68. The highest BCUT2D eigenvalue weighted by atomic mass is 16.3. The van der Waals surface area contributed by atoms with Crippen LogP contribution in [0.25, 0.3) is 45.3 Å². The molecule has 3 heteroatoms. The number of aromatic nitrogens is 1. The average molecular weight is 449 g/mol. The van der Waals surface area contributed by atoms with E-state index in [0.29, 0.717) is 5.92 Å². The molecule has 0 radical (unpaired) electrons. The Kier molecular flexibility index (Phi) is 5.44. The molecule has 2 aromatic heterocycles.